The maximum Gasteiger partial charge on any atom is 0.303 e. The third kappa shape index (κ3) is 3.29. The summed E-state index contributed by atoms with van der Waals surface area (Å²) in [5, 5.41) is 0.490. The minimum atomic E-state index is -3.86. The summed E-state index contributed by atoms with van der Waals surface area (Å²) in [7, 11) is 0.479. The number of nitrogens with zero attached hydrogens (tertiary/aromatic N) is 3. The molecular formula is C13H15ClN4O3S. The first-order valence-corrected chi connectivity index (χ1v) is 8.07. The number of hydrogen-bond acceptors (Lipinski definition) is 4. The Hall–Kier alpha value is -1.90. The summed E-state index contributed by atoms with van der Waals surface area (Å²) >= 11 is 6.11. The van der Waals surface area contributed by atoms with Crippen molar-refractivity contribution in [2.24, 2.45) is 7.05 Å². The molecule has 1 N–H and O–H groups in total. The number of benzene rings is 1. The molecule has 0 fully saturated rings. The summed E-state index contributed by atoms with van der Waals surface area (Å²) in [4.78, 5) is 16.2. The second-order valence-corrected chi connectivity index (χ2v) is 7.05. The average molecular weight is 343 g/mol. The summed E-state index contributed by atoms with van der Waals surface area (Å²) in [5.41, 5.74) is 0.643. The van der Waals surface area contributed by atoms with Crippen molar-refractivity contribution in [2.75, 3.05) is 14.1 Å². The lowest BCUT2D eigenvalue weighted by Gasteiger charge is -2.10. The molecule has 1 heterocycles. The van der Waals surface area contributed by atoms with Crippen LogP contribution < -0.4 is 4.72 Å². The average Bonchev–Trinajstić information content (AvgIpc) is 2.81. The Kier molecular flexibility index (Phi) is 4.55. The summed E-state index contributed by atoms with van der Waals surface area (Å²) < 4.78 is 27.8. The van der Waals surface area contributed by atoms with Gasteiger partial charge in [0.05, 0.1) is 5.02 Å². The molecule has 0 aliphatic carbocycles. The van der Waals surface area contributed by atoms with Crippen LogP contribution in [-0.2, 0) is 17.3 Å². The molecular weight excluding hydrogens is 328 g/mol. The van der Waals surface area contributed by atoms with Gasteiger partial charge in [-0.05, 0) is 12.1 Å². The number of amides is 1. The smallest absolute Gasteiger partial charge is 0.303 e. The van der Waals surface area contributed by atoms with Crippen molar-refractivity contribution in [3.8, 4) is 11.4 Å². The Morgan fingerprint density at radius 2 is 1.95 bits per heavy atom. The summed E-state index contributed by atoms with van der Waals surface area (Å²) in [6.45, 7) is 0. The number of carbonyl (C=O) groups excluding carboxylic acids is 1. The molecule has 2 aromatic rings. The molecule has 0 aliphatic rings. The van der Waals surface area contributed by atoms with Gasteiger partial charge in [0.1, 0.15) is 11.5 Å². The van der Waals surface area contributed by atoms with Crippen LogP contribution in [0.25, 0.3) is 11.4 Å². The fourth-order valence-electron chi connectivity index (χ4n) is 1.73. The fraction of sp³-hybridized carbons (Fsp3) is 0.231. The lowest BCUT2D eigenvalue weighted by Crippen LogP contribution is -2.39. The van der Waals surface area contributed by atoms with E-state index in [0.29, 0.717) is 16.4 Å². The molecule has 0 saturated heterocycles. The van der Waals surface area contributed by atoms with Crippen LogP contribution in [-0.4, -0.2) is 42.3 Å². The van der Waals surface area contributed by atoms with Gasteiger partial charge in [0.15, 0.2) is 0 Å². The zero-order chi connectivity index (χ0) is 16.5. The molecule has 0 radical (unpaired) electrons. The molecule has 22 heavy (non-hydrogen) atoms. The molecule has 1 aromatic carbocycles. The summed E-state index contributed by atoms with van der Waals surface area (Å²) in [5.74, 6) is -0.333. The highest BCUT2D eigenvalue weighted by Gasteiger charge is 2.21. The molecule has 0 saturated carbocycles. The molecule has 118 valence electrons. The van der Waals surface area contributed by atoms with Gasteiger partial charge in [-0.2, -0.15) is 12.7 Å². The van der Waals surface area contributed by atoms with Crippen LogP contribution in [0, 0.1) is 0 Å². The SMILES string of the molecule is CN(C)S(=O)(=O)NC(=O)c1cn(C)c(-c2ccccc2Cl)n1. The Morgan fingerprint density at radius 1 is 1.32 bits per heavy atom. The van der Waals surface area contributed by atoms with E-state index < -0.39 is 16.1 Å². The molecule has 7 nitrogen and oxygen atoms in total. The quantitative estimate of drug-likeness (QED) is 0.907. The monoisotopic (exact) mass is 342 g/mol. The van der Waals surface area contributed by atoms with Crippen molar-refractivity contribution >= 4 is 27.7 Å². The van der Waals surface area contributed by atoms with E-state index in [2.05, 4.69) is 4.98 Å². The van der Waals surface area contributed by atoms with E-state index in [1.165, 1.54) is 20.3 Å². The maximum absolute atomic E-state index is 12.0. The van der Waals surface area contributed by atoms with Gasteiger partial charge in [-0.3, -0.25) is 4.79 Å². The molecule has 1 amide bonds. The molecule has 0 bridgehead atoms. The first kappa shape index (κ1) is 16.5. The number of carbonyl (C=O) groups is 1. The minimum absolute atomic E-state index is 0.0113. The Bertz CT molecular complexity index is 814. The Balaban J connectivity index is 2.35. The highest BCUT2D eigenvalue weighted by molar-refractivity contribution is 7.87. The van der Waals surface area contributed by atoms with Crippen LogP contribution in [0.4, 0.5) is 0 Å². The van der Waals surface area contributed by atoms with Gasteiger partial charge in [0.2, 0.25) is 0 Å². The first-order chi connectivity index (χ1) is 10.2. The minimum Gasteiger partial charge on any atom is -0.333 e. The van der Waals surface area contributed by atoms with Crippen LogP contribution in [0.5, 0.6) is 0 Å². The Morgan fingerprint density at radius 3 is 2.55 bits per heavy atom. The Labute approximate surface area is 133 Å². The number of halogens is 1. The van der Waals surface area contributed by atoms with Gasteiger partial charge in [0.25, 0.3) is 5.91 Å². The number of rotatable bonds is 4. The second-order valence-electron chi connectivity index (χ2n) is 4.76. The highest BCUT2D eigenvalue weighted by Crippen LogP contribution is 2.26. The van der Waals surface area contributed by atoms with E-state index in [1.54, 1.807) is 35.9 Å². The van der Waals surface area contributed by atoms with Crippen LogP contribution in [0.1, 0.15) is 10.5 Å². The van der Waals surface area contributed by atoms with Gasteiger partial charge in [-0.15, -0.1) is 0 Å². The van der Waals surface area contributed by atoms with E-state index in [-0.39, 0.29) is 5.69 Å². The van der Waals surface area contributed by atoms with Crippen LogP contribution >= 0.6 is 11.6 Å². The molecule has 0 aliphatic heterocycles. The number of hydrogen-bond donors (Lipinski definition) is 1. The predicted octanol–water partition coefficient (Wildman–Crippen LogP) is 1.28. The normalized spacial score (nSPS) is 11.7. The molecule has 1 aromatic heterocycles. The number of nitrogens with one attached hydrogen (secondary N) is 1. The molecule has 0 atom stereocenters. The lowest BCUT2D eigenvalue weighted by molar-refractivity contribution is 0.0975. The van der Waals surface area contributed by atoms with Crippen molar-refractivity contribution in [1.29, 1.82) is 0 Å². The van der Waals surface area contributed by atoms with Gasteiger partial charge in [-0.1, -0.05) is 23.7 Å². The van der Waals surface area contributed by atoms with Crippen molar-refractivity contribution in [2.45, 2.75) is 0 Å². The van der Waals surface area contributed by atoms with Crippen molar-refractivity contribution in [3.05, 3.63) is 41.2 Å². The zero-order valence-corrected chi connectivity index (χ0v) is 13.8. The number of aryl methyl sites for hydroxylation is 1. The largest absolute Gasteiger partial charge is 0.333 e. The third-order valence-corrected chi connectivity index (χ3v) is 4.66. The van der Waals surface area contributed by atoms with E-state index in [0.717, 1.165) is 4.31 Å². The summed E-state index contributed by atoms with van der Waals surface area (Å²) in [6.07, 6.45) is 1.44. The van der Waals surface area contributed by atoms with Crippen molar-refractivity contribution in [1.82, 2.24) is 18.6 Å². The fourth-order valence-corrected chi connectivity index (χ4v) is 2.47. The molecule has 9 heteroatoms. The van der Waals surface area contributed by atoms with Crippen LogP contribution in [0.2, 0.25) is 5.02 Å². The first-order valence-electron chi connectivity index (χ1n) is 6.25. The van der Waals surface area contributed by atoms with Crippen molar-refractivity contribution in [3.63, 3.8) is 0 Å². The van der Waals surface area contributed by atoms with Gasteiger partial charge in [-0.25, -0.2) is 9.71 Å². The van der Waals surface area contributed by atoms with E-state index in [1.807, 2.05) is 4.72 Å². The van der Waals surface area contributed by atoms with Crippen molar-refractivity contribution < 1.29 is 13.2 Å². The molecule has 0 unspecified atom stereocenters. The topological polar surface area (TPSA) is 84.3 Å². The second kappa shape index (κ2) is 6.07. The highest BCUT2D eigenvalue weighted by atomic mass is 35.5. The summed E-state index contributed by atoms with van der Waals surface area (Å²) in [6, 6.07) is 7.06. The maximum atomic E-state index is 12.0. The van der Waals surface area contributed by atoms with E-state index in [4.69, 9.17) is 11.6 Å². The number of imidazole rings is 1. The zero-order valence-electron chi connectivity index (χ0n) is 12.2. The van der Waals surface area contributed by atoms with Gasteiger partial charge >= 0.3 is 10.2 Å². The van der Waals surface area contributed by atoms with E-state index >= 15 is 0 Å². The van der Waals surface area contributed by atoms with Crippen LogP contribution in [0.3, 0.4) is 0 Å². The molecule has 0 spiro atoms. The van der Waals surface area contributed by atoms with Gasteiger partial charge < -0.3 is 4.57 Å². The van der Waals surface area contributed by atoms with Crippen LogP contribution in [0.15, 0.2) is 30.5 Å². The standard InChI is InChI=1S/C13H15ClN4O3S/c1-17(2)22(20,21)16-13(19)11-8-18(3)12(15-11)9-6-4-5-7-10(9)14/h4-8H,1-3H3,(H,16,19). The molecule has 2 rings (SSSR count). The third-order valence-electron chi connectivity index (χ3n) is 2.93. The lowest BCUT2D eigenvalue weighted by atomic mass is 10.2. The number of aromatic nitrogens is 2. The van der Waals surface area contributed by atoms with Gasteiger partial charge in [0, 0.05) is 32.9 Å². The predicted molar refractivity (Wildman–Crippen MR) is 83.7 cm³/mol. The van der Waals surface area contributed by atoms with E-state index in [9.17, 15) is 13.2 Å².